The number of nitrogens with zero attached hydrogens (tertiary/aromatic N) is 2. The summed E-state index contributed by atoms with van der Waals surface area (Å²) in [6.45, 7) is 3.73. The van der Waals surface area contributed by atoms with Crippen molar-refractivity contribution in [3.63, 3.8) is 0 Å². The van der Waals surface area contributed by atoms with Gasteiger partial charge in [-0.3, -0.25) is 4.68 Å². The zero-order valence-electron chi connectivity index (χ0n) is 10.5. The number of aliphatic hydroxyl groups is 1. The molecule has 2 rings (SSSR count). The Morgan fingerprint density at radius 1 is 1.65 bits per heavy atom. The number of aryl methyl sites for hydroxylation is 1. The molecule has 1 aromatic rings. The first-order chi connectivity index (χ1) is 8.27. The van der Waals surface area contributed by atoms with Crippen LogP contribution in [-0.2, 0) is 6.54 Å². The van der Waals surface area contributed by atoms with Gasteiger partial charge in [-0.25, -0.2) is 0 Å². The number of piperidine rings is 1. The zero-order chi connectivity index (χ0) is 12.3. The van der Waals surface area contributed by atoms with Crippen molar-refractivity contribution in [2.45, 2.75) is 44.9 Å². The number of methoxy groups -OCH3 is 1. The third-order valence-electron chi connectivity index (χ3n) is 3.37. The summed E-state index contributed by atoms with van der Waals surface area (Å²) in [5, 5.41) is 18.0. The molecule has 96 valence electrons. The van der Waals surface area contributed by atoms with E-state index in [0.29, 0.717) is 5.75 Å². The second-order valence-corrected chi connectivity index (χ2v) is 4.42. The first-order valence-electron chi connectivity index (χ1n) is 6.29. The minimum absolute atomic E-state index is 0.111. The van der Waals surface area contributed by atoms with E-state index in [1.54, 1.807) is 18.0 Å². The molecule has 0 aromatic carbocycles. The number of aliphatic hydroxyl groups excluding tert-OH is 1. The smallest absolute Gasteiger partial charge is 0.162 e. The lowest BCUT2D eigenvalue weighted by Gasteiger charge is -2.28. The Hall–Kier alpha value is -1.07. The van der Waals surface area contributed by atoms with E-state index in [2.05, 4.69) is 10.4 Å². The van der Waals surface area contributed by atoms with Gasteiger partial charge in [-0.2, -0.15) is 5.10 Å². The van der Waals surface area contributed by atoms with Crippen molar-refractivity contribution in [2.75, 3.05) is 13.7 Å². The Labute approximate surface area is 102 Å². The number of ether oxygens (including phenoxy) is 1. The molecule has 0 amide bonds. The minimum Gasteiger partial charge on any atom is -0.493 e. The summed E-state index contributed by atoms with van der Waals surface area (Å²) in [6, 6.07) is 0.111. The van der Waals surface area contributed by atoms with Gasteiger partial charge < -0.3 is 15.2 Å². The van der Waals surface area contributed by atoms with Crippen molar-refractivity contribution in [1.82, 2.24) is 15.1 Å². The number of hydrogen-bond donors (Lipinski definition) is 2. The van der Waals surface area contributed by atoms with E-state index < -0.39 is 6.10 Å². The Kier molecular flexibility index (Phi) is 4.02. The van der Waals surface area contributed by atoms with Crippen LogP contribution in [0.25, 0.3) is 0 Å². The van der Waals surface area contributed by atoms with Crippen molar-refractivity contribution in [3.05, 3.63) is 11.9 Å². The lowest BCUT2D eigenvalue weighted by molar-refractivity contribution is 0.102. The molecule has 1 aromatic heterocycles. The number of rotatable bonds is 4. The van der Waals surface area contributed by atoms with E-state index in [1.807, 2.05) is 6.92 Å². The van der Waals surface area contributed by atoms with Crippen LogP contribution in [0.4, 0.5) is 0 Å². The third-order valence-corrected chi connectivity index (χ3v) is 3.37. The van der Waals surface area contributed by atoms with Gasteiger partial charge in [0.2, 0.25) is 0 Å². The highest BCUT2D eigenvalue weighted by atomic mass is 16.5. The first-order valence-corrected chi connectivity index (χ1v) is 6.29. The largest absolute Gasteiger partial charge is 0.493 e. The highest BCUT2D eigenvalue weighted by molar-refractivity contribution is 5.28. The predicted octanol–water partition coefficient (Wildman–Crippen LogP) is 1.09. The maximum atomic E-state index is 10.5. The van der Waals surface area contributed by atoms with Gasteiger partial charge in [0.25, 0.3) is 0 Å². The van der Waals surface area contributed by atoms with Gasteiger partial charge >= 0.3 is 0 Å². The van der Waals surface area contributed by atoms with Crippen LogP contribution < -0.4 is 10.1 Å². The fourth-order valence-corrected chi connectivity index (χ4v) is 2.42. The lowest BCUT2D eigenvalue weighted by atomic mass is 9.97. The van der Waals surface area contributed by atoms with E-state index in [0.717, 1.165) is 31.6 Å². The van der Waals surface area contributed by atoms with Crippen molar-refractivity contribution >= 4 is 0 Å². The predicted molar refractivity (Wildman–Crippen MR) is 65.1 cm³/mol. The van der Waals surface area contributed by atoms with Crippen molar-refractivity contribution in [3.8, 4) is 5.75 Å². The van der Waals surface area contributed by atoms with Gasteiger partial charge in [-0.1, -0.05) is 6.42 Å². The second-order valence-electron chi connectivity index (χ2n) is 4.42. The fourth-order valence-electron chi connectivity index (χ4n) is 2.42. The lowest BCUT2D eigenvalue weighted by Crippen LogP contribution is -2.39. The van der Waals surface area contributed by atoms with Gasteiger partial charge in [-0.05, 0) is 26.3 Å². The molecular weight excluding hydrogens is 218 g/mol. The van der Waals surface area contributed by atoms with Crippen LogP contribution in [0.1, 0.15) is 38.0 Å². The highest BCUT2D eigenvalue weighted by Gasteiger charge is 2.28. The number of aromatic nitrogens is 2. The van der Waals surface area contributed by atoms with Gasteiger partial charge in [0.15, 0.2) is 5.75 Å². The molecule has 1 aliphatic heterocycles. The van der Waals surface area contributed by atoms with Gasteiger partial charge in [0.05, 0.1) is 13.3 Å². The summed E-state index contributed by atoms with van der Waals surface area (Å²) in [4.78, 5) is 0. The Balaban J connectivity index is 2.21. The van der Waals surface area contributed by atoms with Gasteiger partial charge in [-0.15, -0.1) is 0 Å². The minimum atomic E-state index is -0.548. The molecule has 2 N–H and O–H groups in total. The summed E-state index contributed by atoms with van der Waals surface area (Å²) >= 11 is 0. The van der Waals surface area contributed by atoms with Crippen LogP contribution in [0.2, 0.25) is 0 Å². The van der Waals surface area contributed by atoms with Gasteiger partial charge in [0.1, 0.15) is 11.8 Å². The van der Waals surface area contributed by atoms with Crippen molar-refractivity contribution in [2.24, 2.45) is 0 Å². The molecule has 0 radical (unpaired) electrons. The van der Waals surface area contributed by atoms with Crippen LogP contribution in [0.15, 0.2) is 6.20 Å². The first kappa shape index (κ1) is 12.4. The monoisotopic (exact) mass is 239 g/mol. The average molecular weight is 239 g/mol. The summed E-state index contributed by atoms with van der Waals surface area (Å²) < 4.78 is 7.07. The summed E-state index contributed by atoms with van der Waals surface area (Å²) in [5.74, 6) is 0.673. The summed E-state index contributed by atoms with van der Waals surface area (Å²) in [6.07, 6.45) is 4.47. The maximum Gasteiger partial charge on any atom is 0.162 e. The van der Waals surface area contributed by atoms with E-state index in [4.69, 9.17) is 4.74 Å². The molecule has 2 atom stereocenters. The molecule has 1 saturated heterocycles. The SMILES string of the molecule is CCn1ncc(OC)c1C(O)C1CCCCN1. The normalized spacial score (nSPS) is 22.4. The molecular formula is C12H21N3O2. The molecule has 2 heterocycles. The molecule has 1 aliphatic rings. The molecule has 1 fully saturated rings. The van der Waals surface area contributed by atoms with E-state index in [-0.39, 0.29) is 6.04 Å². The topological polar surface area (TPSA) is 59.3 Å². The molecule has 5 heteroatoms. The summed E-state index contributed by atoms with van der Waals surface area (Å²) in [5.41, 5.74) is 0.786. The van der Waals surface area contributed by atoms with Gasteiger partial charge in [0, 0.05) is 12.6 Å². The number of hydrogen-bond acceptors (Lipinski definition) is 4. The van der Waals surface area contributed by atoms with E-state index in [1.165, 1.54) is 6.42 Å². The zero-order valence-corrected chi connectivity index (χ0v) is 10.5. The maximum absolute atomic E-state index is 10.5. The Morgan fingerprint density at radius 2 is 2.47 bits per heavy atom. The molecule has 0 aliphatic carbocycles. The molecule has 0 bridgehead atoms. The molecule has 0 saturated carbocycles. The van der Waals surface area contributed by atoms with Crippen molar-refractivity contribution in [1.29, 1.82) is 0 Å². The quantitative estimate of drug-likeness (QED) is 0.825. The highest BCUT2D eigenvalue weighted by Crippen LogP contribution is 2.29. The number of nitrogens with one attached hydrogen (secondary N) is 1. The molecule has 17 heavy (non-hydrogen) atoms. The van der Waals surface area contributed by atoms with E-state index >= 15 is 0 Å². The van der Waals surface area contributed by atoms with Crippen LogP contribution >= 0.6 is 0 Å². The molecule has 5 nitrogen and oxygen atoms in total. The Bertz CT molecular complexity index is 337. The Morgan fingerprint density at radius 3 is 3.06 bits per heavy atom. The second kappa shape index (κ2) is 5.51. The molecule has 2 unspecified atom stereocenters. The average Bonchev–Trinajstić information content (AvgIpc) is 2.81. The van der Waals surface area contributed by atoms with Crippen LogP contribution in [0.5, 0.6) is 5.75 Å². The third kappa shape index (κ3) is 2.45. The standard InChI is InChI=1S/C12H21N3O2/c1-3-15-11(10(17-2)8-14-15)12(16)9-6-4-5-7-13-9/h8-9,12-13,16H,3-7H2,1-2H3. The van der Waals surface area contributed by atoms with Crippen LogP contribution in [0.3, 0.4) is 0 Å². The molecule has 0 spiro atoms. The fraction of sp³-hybridized carbons (Fsp3) is 0.750. The van der Waals surface area contributed by atoms with Crippen molar-refractivity contribution < 1.29 is 9.84 Å². The van der Waals surface area contributed by atoms with Crippen LogP contribution in [-0.4, -0.2) is 34.6 Å². The summed E-state index contributed by atoms with van der Waals surface area (Å²) in [7, 11) is 1.61. The van der Waals surface area contributed by atoms with E-state index in [9.17, 15) is 5.11 Å². The van der Waals surface area contributed by atoms with Crippen LogP contribution in [0, 0.1) is 0 Å².